The molecular formula is C20H29BrN2O3S. The summed E-state index contributed by atoms with van der Waals surface area (Å²) in [4.78, 5) is 0. The van der Waals surface area contributed by atoms with E-state index in [0.29, 0.717) is 18.8 Å². The van der Waals surface area contributed by atoms with Crippen molar-refractivity contribution in [3.63, 3.8) is 0 Å². The molecule has 0 saturated carbocycles. The van der Waals surface area contributed by atoms with Crippen LogP contribution in [-0.4, -0.2) is 39.0 Å². The van der Waals surface area contributed by atoms with Gasteiger partial charge in [-0.25, -0.2) is 8.42 Å². The van der Waals surface area contributed by atoms with Gasteiger partial charge >= 0.3 is 0 Å². The molecule has 0 aliphatic rings. The third-order valence-corrected chi connectivity index (χ3v) is 5.35. The zero-order chi connectivity index (χ0) is 19.3. The maximum atomic E-state index is 12.3. The van der Waals surface area contributed by atoms with E-state index in [9.17, 15) is 13.5 Å². The van der Waals surface area contributed by atoms with E-state index in [1.165, 1.54) is 10.6 Å². The zero-order valence-corrected chi connectivity index (χ0v) is 18.8. The lowest BCUT2D eigenvalue weighted by atomic mass is 10.0. The molecule has 0 bridgehead atoms. The first-order valence-corrected chi connectivity index (χ1v) is 10.5. The molecule has 0 amide bonds. The Morgan fingerprint density at radius 1 is 1.07 bits per heavy atom. The summed E-state index contributed by atoms with van der Waals surface area (Å²) in [5.41, 5.74) is 4.63. The van der Waals surface area contributed by atoms with Crippen molar-refractivity contribution in [1.82, 2.24) is 5.32 Å². The van der Waals surface area contributed by atoms with Crippen molar-refractivity contribution in [2.24, 2.45) is 0 Å². The highest BCUT2D eigenvalue weighted by Crippen LogP contribution is 2.28. The molecule has 2 rings (SSSR count). The molecule has 1 unspecified atom stereocenters. The molecule has 0 radical (unpaired) electrons. The van der Waals surface area contributed by atoms with Gasteiger partial charge in [-0.05, 0) is 37.5 Å². The van der Waals surface area contributed by atoms with Crippen LogP contribution in [-0.2, 0) is 16.6 Å². The summed E-state index contributed by atoms with van der Waals surface area (Å²) in [5.74, 6) is 0. The summed E-state index contributed by atoms with van der Waals surface area (Å²) in [7, 11) is -3.50. The van der Waals surface area contributed by atoms with Gasteiger partial charge in [0.1, 0.15) is 0 Å². The van der Waals surface area contributed by atoms with E-state index in [1.54, 1.807) is 0 Å². The van der Waals surface area contributed by atoms with E-state index in [1.807, 2.05) is 63.2 Å². The van der Waals surface area contributed by atoms with Crippen LogP contribution >= 0.6 is 17.0 Å². The van der Waals surface area contributed by atoms with Gasteiger partial charge in [0.2, 0.25) is 10.0 Å². The van der Waals surface area contributed by atoms with Crippen LogP contribution in [0.2, 0.25) is 0 Å². The van der Waals surface area contributed by atoms with Crippen LogP contribution in [0.1, 0.15) is 22.3 Å². The van der Waals surface area contributed by atoms with Crippen molar-refractivity contribution in [2.75, 3.05) is 23.7 Å². The molecule has 150 valence electrons. The average Bonchev–Trinajstić information content (AvgIpc) is 2.53. The maximum absolute atomic E-state index is 12.3. The second-order valence-corrected chi connectivity index (χ2v) is 8.72. The molecule has 0 fully saturated rings. The first-order valence-electron chi connectivity index (χ1n) is 8.66. The molecule has 1 atom stereocenters. The second kappa shape index (κ2) is 10.2. The molecule has 0 spiro atoms. The quantitative estimate of drug-likeness (QED) is 0.639. The lowest BCUT2D eigenvalue weighted by molar-refractivity contribution is 0.180. The van der Waals surface area contributed by atoms with Gasteiger partial charge in [-0.3, -0.25) is 4.31 Å². The number of aliphatic hydroxyl groups excluding tert-OH is 1. The minimum absolute atomic E-state index is 0. The molecule has 5 nitrogen and oxygen atoms in total. The first-order chi connectivity index (χ1) is 12.2. The number of benzene rings is 2. The molecule has 0 aliphatic carbocycles. The number of nitrogens with zero attached hydrogens (tertiary/aromatic N) is 1. The monoisotopic (exact) mass is 456 g/mol. The van der Waals surface area contributed by atoms with Crippen LogP contribution in [0.3, 0.4) is 0 Å². The Kier molecular flexibility index (Phi) is 8.94. The Hall–Kier alpha value is -1.41. The topological polar surface area (TPSA) is 69.6 Å². The minimum Gasteiger partial charge on any atom is -0.390 e. The highest BCUT2D eigenvalue weighted by Gasteiger charge is 2.24. The van der Waals surface area contributed by atoms with Crippen LogP contribution in [0.4, 0.5) is 5.69 Å². The molecule has 27 heavy (non-hydrogen) atoms. The van der Waals surface area contributed by atoms with Crippen LogP contribution in [0.15, 0.2) is 42.5 Å². The molecule has 7 heteroatoms. The van der Waals surface area contributed by atoms with Gasteiger partial charge in [0.05, 0.1) is 24.6 Å². The number of hydrogen-bond acceptors (Lipinski definition) is 4. The molecule has 2 N–H and O–H groups in total. The Labute approximate surface area is 173 Å². The van der Waals surface area contributed by atoms with E-state index in [0.717, 1.165) is 22.3 Å². The van der Waals surface area contributed by atoms with Gasteiger partial charge in [0.15, 0.2) is 0 Å². The normalized spacial score (nSPS) is 12.3. The molecular weight excluding hydrogens is 428 g/mol. The summed E-state index contributed by atoms with van der Waals surface area (Å²) in [6, 6.07) is 13.8. The number of anilines is 1. The predicted octanol–water partition coefficient (Wildman–Crippen LogP) is 3.11. The Morgan fingerprint density at radius 3 is 2.15 bits per heavy atom. The van der Waals surface area contributed by atoms with Crippen LogP contribution in [0.5, 0.6) is 0 Å². The van der Waals surface area contributed by atoms with Crippen molar-refractivity contribution in [2.45, 2.75) is 33.4 Å². The Balaban J connectivity index is 0.00000364. The number of sulfonamides is 1. The van der Waals surface area contributed by atoms with E-state index in [-0.39, 0.29) is 23.5 Å². The average molecular weight is 457 g/mol. The number of halogens is 1. The molecule has 2 aromatic carbocycles. The number of aryl methyl sites for hydroxylation is 3. The Morgan fingerprint density at radius 2 is 1.63 bits per heavy atom. The van der Waals surface area contributed by atoms with Crippen molar-refractivity contribution in [3.8, 4) is 0 Å². The highest BCUT2D eigenvalue weighted by atomic mass is 79.9. The largest absolute Gasteiger partial charge is 0.390 e. The van der Waals surface area contributed by atoms with Gasteiger partial charge in [0, 0.05) is 13.1 Å². The summed E-state index contributed by atoms with van der Waals surface area (Å²) < 4.78 is 26.0. The SMILES string of the molecule is Br.Cc1cc(C)c(N(CC(O)CNCc2ccccc2)S(C)(=O)=O)c(C)c1. The first kappa shape index (κ1) is 23.6. The molecule has 0 aliphatic heterocycles. The third-order valence-electron chi connectivity index (χ3n) is 4.21. The van der Waals surface area contributed by atoms with Crippen molar-refractivity contribution < 1.29 is 13.5 Å². The third kappa shape index (κ3) is 6.92. The number of hydrogen-bond donors (Lipinski definition) is 2. The summed E-state index contributed by atoms with van der Waals surface area (Å²) in [6.45, 7) is 6.73. The van der Waals surface area contributed by atoms with Gasteiger partial charge in [-0.1, -0.05) is 48.0 Å². The van der Waals surface area contributed by atoms with Crippen LogP contribution in [0.25, 0.3) is 0 Å². The molecule has 0 aromatic heterocycles. The van der Waals surface area contributed by atoms with Crippen LogP contribution in [0, 0.1) is 20.8 Å². The second-order valence-electron chi connectivity index (χ2n) is 6.81. The van der Waals surface area contributed by atoms with Crippen LogP contribution < -0.4 is 9.62 Å². The standard InChI is InChI=1S/C20H28N2O3S.BrH/c1-15-10-16(2)20(17(3)11-15)22(26(4,24)25)14-19(23)13-21-12-18-8-6-5-7-9-18;/h5-11,19,21,23H,12-14H2,1-4H3;1H. The van der Waals surface area contributed by atoms with E-state index >= 15 is 0 Å². The lowest BCUT2D eigenvalue weighted by Crippen LogP contribution is -2.41. The van der Waals surface area contributed by atoms with E-state index in [4.69, 9.17) is 0 Å². The van der Waals surface area contributed by atoms with Gasteiger partial charge < -0.3 is 10.4 Å². The van der Waals surface area contributed by atoms with Crippen molar-refractivity contribution in [3.05, 3.63) is 64.7 Å². The summed E-state index contributed by atoms with van der Waals surface area (Å²) in [6.07, 6.45) is 0.365. The number of rotatable bonds is 8. The molecule has 0 heterocycles. The highest BCUT2D eigenvalue weighted by molar-refractivity contribution is 8.93. The van der Waals surface area contributed by atoms with Crippen molar-refractivity contribution in [1.29, 1.82) is 0 Å². The predicted molar refractivity (Wildman–Crippen MR) is 117 cm³/mol. The Bertz CT molecular complexity index is 819. The van der Waals surface area contributed by atoms with E-state index in [2.05, 4.69) is 5.32 Å². The fraction of sp³-hybridized carbons (Fsp3) is 0.400. The fourth-order valence-corrected chi connectivity index (χ4v) is 4.26. The van der Waals surface area contributed by atoms with E-state index < -0.39 is 16.1 Å². The van der Waals surface area contributed by atoms with Gasteiger partial charge in [0.25, 0.3) is 0 Å². The smallest absolute Gasteiger partial charge is 0.232 e. The van der Waals surface area contributed by atoms with Gasteiger partial charge in [-0.15, -0.1) is 17.0 Å². The zero-order valence-electron chi connectivity index (χ0n) is 16.3. The summed E-state index contributed by atoms with van der Waals surface area (Å²) >= 11 is 0. The number of aliphatic hydroxyl groups is 1. The summed E-state index contributed by atoms with van der Waals surface area (Å²) in [5, 5.41) is 13.6. The molecule has 2 aromatic rings. The minimum atomic E-state index is -3.50. The lowest BCUT2D eigenvalue weighted by Gasteiger charge is -2.28. The van der Waals surface area contributed by atoms with Crippen molar-refractivity contribution >= 4 is 32.7 Å². The van der Waals surface area contributed by atoms with Gasteiger partial charge in [-0.2, -0.15) is 0 Å². The maximum Gasteiger partial charge on any atom is 0.232 e. The molecule has 0 saturated heterocycles. The number of nitrogens with one attached hydrogen (secondary N) is 1. The fourth-order valence-electron chi connectivity index (χ4n) is 3.19.